The van der Waals surface area contributed by atoms with Crippen molar-refractivity contribution in [3.8, 4) is 0 Å². The Morgan fingerprint density at radius 3 is 2.39 bits per heavy atom. The van der Waals surface area contributed by atoms with Crippen LogP contribution in [0.3, 0.4) is 0 Å². The number of sulfone groups is 1. The first-order valence-electron chi connectivity index (χ1n) is 9.41. The van der Waals surface area contributed by atoms with Crippen LogP contribution in [0.1, 0.15) is 11.1 Å². The van der Waals surface area contributed by atoms with E-state index in [1.165, 1.54) is 4.68 Å². The van der Waals surface area contributed by atoms with Crippen LogP contribution in [-0.2, 0) is 9.84 Å². The third-order valence-corrected chi connectivity index (χ3v) is 8.07. The molecule has 0 atom stereocenters. The summed E-state index contributed by atoms with van der Waals surface area (Å²) in [6.07, 6.45) is 1.62. The molecule has 0 fully saturated rings. The summed E-state index contributed by atoms with van der Waals surface area (Å²) < 4.78 is 28.3. The first-order chi connectivity index (χ1) is 14.9. The maximum Gasteiger partial charge on any atom is 0.221 e. The Labute approximate surface area is 182 Å². The number of benzene rings is 2. The molecule has 7 nitrogen and oxygen atoms in total. The molecule has 0 aliphatic carbocycles. The Morgan fingerprint density at radius 2 is 1.71 bits per heavy atom. The highest BCUT2D eigenvalue weighted by Crippen LogP contribution is 2.36. The highest BCUT2D eigenvalue weighted by Gasteiger charge is 2.31. The summed E-state index contributed by atoms with van der Waals surface area (Å²) in [7, 11) is -3.89. The van der Waals surface area contributed by atoms with Crippen LogP contribution in [0.2, 0.25) is 0 Å². The molecule has 0 aliphatic heterocycles. The molecule has 0 amide bonds. The van der Waals surface area contributed by atoms with E-state index in [1.54, 1.807) is 29.8 Å². The van der Waals surface area contributed by atoms with E-state index in [0.717, 1.165) is 22.5 Å². The number of aryl methyl sites for hydroxylation is 1. The van der Waals surface area contributed by atoms with E-state index in [4.69, 9.17) is 5.73 Å². The Balaban J connectivity index is 1.80. The lowest BCUT2D eigenvalue weighted by atomic mass is 10.2. The van der Waals surface area contributed by atoms with Gasteiger partial charge in [0.05, 0.1) is 17.2 Å². The quantitative estimate of drug-likeness (QED) is 0.415. The van der Waals surface area contributed by atoms with E-state index in [0.29, 0.717) is 11.0 Å². The first-order valence-corrected chi connectivity index (χ1v) is 11.8. The second kappa shape index (κ2) is 7.29. The van der Waals surface area contributed by atoms with Crippen molar-refractivity contribution in [2.45, 2.75) is 16.0 Å². The molecule has 9 heteroatoms. The molecule has 5 aromatic rings. The van der Waals surface area contributed by atoms with Crippen molar-refractivity contribution >= 4 is 55.4 Å². The van der Waals surface area contributed by atoms with E-state index >= 15 is 0 Å². The smallest absolute Gasteiger partial charge is 0.221 e. The Bertz CT molecular complexity index is 1550. The van der Waals surface area contributed by atoms with Gasteiger partial charge >= 0.3 is 0 Å². The van der Waals surface area contributed by atoms with Crippen molar-refractivity contribution in [3.05, 3.63) is 77.2 Å². The summed E-state index contributed by atoms with van der Waals surface area (Å²) in [4.78, 5) is 9.14. The summed E-state index contributed by atoms with van der Waals surface area (Å²) in [6.45, 7) is 2.00. The SMILES string of the molecule is Cc1ccc(/C=N\n2c(N)c(S(=O)(=O)c3cccs3)c3nc4ccccc4nc32)cc1. The lowest BCUT2D eigenvalue weighted by Crippen LogP contribution is -2.05. The van der Waals surface area contributed by atoms with Gasteiger partial charge in [-0.2, -0.15) is 9.78 Å². The number of rotatable bonds is 4. The van der Waals surface area contributed by atoms with Crippen LogP contribution in [0, 0.1) is 6.92 Å². The molecule has 5 rings (SSSR count). The topological polar surface area (TPSA) is 103 Å². The molecule has 2 N–H and O–H groups in total. The number of nitrogens with zero attached hydrogens (tertiary/aromatic N) is 4. The highest BCUT2D eigenvalue weighted by molar-refractivity contribution is 7.93. The van der Waals surface area contributed by atoms with Crippen LogP contribution in [0.4, 0.5) is 5.82 Å². The van der Waals surface area contributed by atoms with Gasteiger partial charge in [0.1, 0.15) is 20.4 Å². The molecule has 3 heterocycles. The minimum absolute atomic E-state index is 0.0259. The monoisotopic (exact) mass is 447 g/mol. The van der Waals surface area contributed by atoms with Gasteiger partial charge < -0.3 is 5.73 Å². The van der Waals surface area contributed by atoms with Gasteiger partial charge in [-0.1, -0.05) is 48.0 Å². The third-order valence-electron chi connectivity index (χ3n) is 4.86. The summed E-state index contributed by atoms with van der Waals surface area (Å²) >= 11 is 1.13. The second-order valence-electron chi connectivity index (χ2n) is 7.00. The predicted octanol–water partition coefficient (Wildman–Crippen LogP) is 4.25. The number of para-hydroxylation sites is 2. The largest absolute Gasteiger partial charge is 0.382 e. The third kappa shape index (κ3) is 3.28. The molecule has 0 spiro atoms. The molecule has 0 saturated heterocycles. The van der Waals surface area contributed by atoms with E-state index < -0.39 is 9.84 Å². The standard InChI is InChI=1S/C22H17N5O2S2/c1-14-8-10-15(11-9-14)13-24-27-21(23)20(31(28,29)18-7-4-12-30-18)19-22(27)26-17-6-3-2-5-16(17)25-19/h2-13H,23H2,1H3/b24-13-. The number of anilines is 1. The van der Waals surface area contributed by atoms with Crippen molar-refractivity contribution in [3.63, 3.8) is 0 Å². The number of nitrogen functional groups attached to an aromatic ring is 1. The summed E-state index contributed by atoms with van der Waals surface area (Å²) in [5, 5.41) is 6.17. The van der Waals surface area contributed by atoms with E-state index in [1.807, 2.05) is 49.4 Å². The molecule has 0 saturated carbocycles. The molecule has 2 aromatic carbocycles. The fourth-order valence-corrected chi connectivity index (χ4v) is 5.88. The highest BCUT2D eigenvalue weighted by atomic mass is 32.2. The zero-order chi connectivity index (χ0) is 21.6. The van der Waals surface area contributed by atoms with Crippen LogP contribution in [-0.4, -0.2) is 29.3 Å². The molecule has 154 valence electrons. The zero-order valence-corrected chi connectivity index (χ0v) is 18.1. The van der Waals surface area contributed by atoms with Gasteiger partial charge in [0.25, 0.3) is 0 Å². The van der Waals surface area contributed by atoms with Gasteiger partial charge in [-0.25, -0.2) is 18.4 Å². The van der Waals surface area contributed by atoms with Gasteiger partial charge in [0.15, 0.2) is 5.65 Å². The van der Waals surface area contributed by atoms with Crippen LogP contribution >= 0.6 is 11.3 Å². The van der Waals surface area contributed by atoms with Gasteiger partial charge in [-0.05, 0) is 36.1 Å². The average Bonchev–Trinajstić information content (AvgIpc) is 3.39. The molecule has 3 aromatic heterocycles. The lowest BCUT2D eigenvalue weighted by Gasteiger charge is -2.02. The minimum atomic E-state index is -3.89. The van der Waals surface area contributed by atoms with Crippen LogP contribution in [0.5, 0.6) is 0 Å². The average molecular weight is 448 g/mol. The summed E-state index contributed by atoms with van der Waals surface area (Å²) in [5.74, 6) is -0.0259. The van der Waals surface area contributed by atoms with Crippen LogP contribution in [0.25, 0.3) is 22.2 Å². The maximum absolute atomic E-state index is 13.4. The van der Waals surface area contributed by atoms with E-state index in [9.17, 15) is 8.42 Å². The first kappa shape index (κ1) is 19.4. The molecule has 0 bridgehead atoms. The molecule has 0 radical (unpaired) electrons. The molecule has 0 unspecified atom stereocenters. The van der Waals surface area contributed by atoms with Crippen molar-refractivity contribution in [2.24, 2.45) is 5.10 Å². The number of aromatic nitrogens is 3. The maximum atomic E-state index is 13.4. The number of hydrogen-bond acceptors (Lipinski definition) is 7. The van der Waals surface area contributed by atoms with Crippen molar-refractivity contribution < 1.29 is 8.42 Å². The van der Waals surface area contributed by atoms with Gasteiger partial charge in [-0.15, -0.1) is 11.3 Å². The Kier molecular flexibility index (Phi) is 4.57. The lowest BCUT2D eigenvalue weighted by molar-refractivity contribution is 0.599. The van der Waals surface area contributed by atoms with Gasteiger partial charge in [-0.3, -0.25) is 0 Å². The zero-order valence-electron chi connectivity index (χ0n) is 16.4. The molecular formula is C22H17N5O2S2. The van der Waals surface area contributed by atoms with E-state index in [-0.39, 0.29) is 26.1 Å². The summed E-state index contributed by atoms with van der Waals surface area (Å²) in [5.41, 5.74) is 10.0. The number of fused-ring (bicyclic) bond motifs is 2. The second-order valence-corrected chi connectivity index (χ2v) is 10.1. The fraction of sp³-hybridized carbons (Fsp3) is 0.0455. The predicted molar refractivity (Wildman–Crippen MR) is 123 cm³/mol. The normalized spacial score (nSPS) is 12.3. The Hall–Kier alpha value is -3.56. The molecule has 0 aliphatic rings. The number of hydrogen-bond donors (Lipinski definition) is 1. The van der Waals surface area contributed by atoms with Gasteiger partial charge in [0.2, 0.25) is 9.84 Å². The molecular weight excluding hydrogens is 430 g/mol. The number of thiophene rings is 1. The minimum Gasteiger partial charge on any atom is -0.382 e. The van der Waals surface area contributed by atoms with Crippen LogP contribution < -0.4 is 5.73 Å². The van der Waals surface area contributed by atoms with Crippen molar-refractivity contribution in [1.29, 1.82) is 0 Å². The van der Waals surface area contributed by atoms with Gasteiger partial charge in [0, 0.05) is 0 Å². The summed E-state index contributed by atoms with van der Waals surface area (Å²) in [6, 6.07) is 18.3. The van der Waals surface area contributed by atoms with Crippen molar-refractivity contribution in [1.82, 2.24) is 14.6 Å². The number of nitrogens with two attached hydrogens (primary N) is 1. The van der Waals surface area contributed by atoms with Crippen molar-refractivity contribution in [2.75, 3.05) is 5.73 Å². The van der Waals surface area contributed by atoms with Crippen LogP contribution in [0.15, 0.2) is 80.2 Å². The fourth-order valence-electron chi connectivity index (χ4n) is 3.30. The van der Waals surface area contributed by atoms with E-state index in [2.05, 4.69) is 15.1 Å². The molecule has 31 heavy (non-hydrogen) atoms. The Morgan fingerprint density at radius 1 is 1.00 bits per heavy atom.